The van der Waals surface area contributed by atoms with Crippen LogP contribution in [0.25, 0.3) is 0 Å². The highest BCUT2D eigenvalue weighted by molar-refractivity contribution is 5.53. The summed E-state index contributed by atoms with van der Waals surface area (Å²) in [6.45, 7) is 1.82. The van der Waals surface area contributed by atoms with Gasteiger partial charge >= 0.3 is 6.36 Å². The van der Waals surface area contributed by atoms with E-state index in [1.165, 1.54) is 12.1 Å². The van der Waals surface area contributed by atoms with Crippen LogP contribution in [-0.2, 0) is 15.9 Å². The zero-order valence-electron chi connectivity index (χ0n) is 22.2. The van der Waals surface area contributed by atoms with Crippen LogP contribution >= 0.6 is 0 Å². The van der Waals surface area contributed by atoms with Gasteiger partial charge in [0.2, 0.25) is 0 Å². The van der Waals surface area contributed by atoms with E-state index in [0.29, 0.717) is 5.92 Å². The lowest BCUT2D eigenvalue weighted by Crippen LogP contribution is -2.39. The minimum atomic E-state index is -4.74. The molecule has 1 aliphatic heterocycles. The lowest BCUT2D eigenvalue weighted by molar-refractivity contribution is -0.274. The summed E-state index contributed by atoms with van der Waals surface area (Å²) >= 11 is 0. The summed E-state index contributed by atoms with van der Waals surface area (Å²) < 4.78 is 53.9. The van der Waals surface area contributed by atoms with Gasteiger partial charge in [0.1, 0.15) is 11.5 Å². The van der Waals surface area contributed by atoms with E-state index in [1.807, 2.05) is 12.1 Å². The van der Waals surface area contributed by atoms with Crippen LogP contribution in [0.5, 0.6) is 11.5 Å². The van der Waals surface area contributed by atoms with E-state index in [2.05, 4.69) is 33.9 Å². The average molecular weight is 542 g/mol. The van der Waals surface area contributed by atoms with Gasteiger partial charge in [0, 0.05) is 44.8 Å². The van der Waals surface area contributed by atoms with Crippen LogP contribution in [-0.4, -0.2) is 45.1 Å². The van der Waals surface area contributed by atoms with Gasteiger partial charge < -0.3 is 24.2 Å². The SMILES string of the molecule is COC(OC)C1CCN(c2ccc([C@@H]3c4ccc(O)cc4CC[C@@H]3c3cccc(OC(F)(F)F)c3)cc2)CC1. The molecule has 0 bridgehead atoms. The molecule has 2 atom stereocenters. The van der Waals surface area contributed by atoms with Crippen molar-refractivity contribution in [3.63, 3.8) is 0 Å². The van der Waals surface area contributed by atoms with Gasteiger partial charge in [-0.1, -0.05) is 30.3 Å². The van der Waals surface area contributed by atoms with Crippen molar-refractivity contribution in [1.29, 1.82) is 0 Å². The predicted octanol–water partition coefficient (Wildman–Crippen LogP) is 6.99. The number of nitrogens with zero attached hydrogens (tertiary/aromatic N) is 1. The van der Waals surface area contributed by atoms with Crippen molar-refractivity contribution in [2.75, 3.05) is 32.2 Å². The number of phenolic OH excluding ortho intramolecular Hbond substituents is 1. The molecule has 39 heavy (non-hydrogen) atoms. The van der Waals surface area contributed by atoms with E-state index in [0.717, 1.165) is 66.7 Å². The molecular formula is C31H34F3NO4. The molecule has 1 fully saturated rings. The van der Waals surface area contributed by atoms with Crippen molar-refractivity contribution in [2.24, 2.45) is 5.92 Å². The number of hydrogen-bond donors (Lipinski definition) is 1. The molecule has 0 aromatic heterocycles. The molecule has 0 unspecified atom stereocenters. The van der Waals surface area contributed by atoms with Gasteiger partial charge in [-0.15, -0.1) is 13.2 Å². The molecule has 1 N–H and O–H groups in total. The third-order valence-corrected chi connectivity index (χ3v) is 8.11. The van der Waals surface area contributed by atoms with Crippen LogP contribution in [0.15, 0.2) is 66.7 Å². The van der Waals surface area contributed by atoms with Crippen LogP contribution in [0.4, 0.5) is 18.9 Å². The molecule has 3 aromatic carbocycles. The molecule has 208 valence electrons. The monoisotopic (exact) mass is 541 g/mol. The molecule has 0 spiro atoms. The number of ether oxygens (including phenoxy) is 3. The standard InChI is InChI=1S/C31H34F3NO4/c1-37-30(38-2)21-14-16-35(17-15-21)24-9-6-20(7-10-24)29-27(12-8-23-18-25(36)11-13-28(23)29)22-4-3-5-26(19-22)39-31(32,33)34/h3-7,9-11,13,18-19,21,27,29-30,36H,8,12,14-17H2,1-2H3/t27-,29+/m1/s1. The summed E-state index contributed by atoms with van der Waals surface area (Å²) in [7, 11) is 3.35. The molecular weight excluding hydrogens is 507 g/mol. The first-order chi connectivity index (χ1) is 18.8. The number of phenols is 1. The Hall–Kier alpha value is -3.23. The zero-order chi connectivity index (χ0) is 27.6. The normalized spacial score (nSPS) is 20.2. The summed E-state index contributed by atoms with van der Waals surface area (Å²) in [6, 6.07) is 20.3. The number of aryl methyl sites for hydroxylation is 1. The van der Waals surface area contributed by atoms with Crippen LogP contribution in [0.1, 0.15) is 53.4 Å². The molecule has 1 heterocycles. The Kier molecular flexibility index (Phi) is 8.05. The number of anilines is 1. The van der Waals surface area contributed by atoms with Gasteiger partial charge in [-0.3, -0.25) is 0 Å². The number of rotatable bonds is 7. The fourth-order valence-electron chi connectivity index (χ4n) is 6.32. The number of benzene rings is 3. The minimum Gasteiger partial charge on any atom is -0.508 e. The van der Waals surface area contributed by atoms with E-state index >= 15 is 0 Å². The zero-order valence-corrected chi connectivity index (χ0v) is 22.2. The van der Waals surface area contributed by atoms with E-state index in [-0.39, 0.29) is 29.6 Å². The van der Waals surface area contributed by atoms with Crippen molar-refractivity contribution in [3.05, 3.63) is 89.0 Å². The first-order valence-corrected chi connectivity index (χ1v) is 13.3. The van der Waals surface area contributed by atoms with Gasteiger partial charge in [-0.25, -0.2) is 0 Å². The second kappa shape index (κ2) is 11.5. The minimum absolute atomic E-state index is 0.0413. The summed E-state index contributed by atoms with van der Waals surface area (Å²) in [5.41, 5.74) is 5.19. The third-order valence-electron chi connectivity index (χ3n) is 8.11. The van der Waals surface area contributed by atoms with Crippen LogP contribution in [0, 0.1) is 5.92 Å². The highest BCUT2D eigenvalue weighted by Gasteiger charge is 2.34. The maximum Gasteiger partial charge on any atom is 0.573 e. The van der Waals surface area contributed by atoms with E-state index in [9.17, 15) is 18.3 Å². The van der Waals surface area contributed by atoms with Gasteiger partial charge in [0.15, 0.2) is 6.29 Å². The molecule has 1 aliphatic carbocycles. The van der Waals surface area contributed by atoms with Crippen molar-refractivity contribution < 1.29 is 32.5 Å². The Balaban J connectivity index is 1.42. The smallest absolute Gasteiger partial charge is 0.508 e. The van der Waals surface area contributed by atoms with Crippen molar-refractivity contribution in [2.45, 2.75) is 50.2 Å². The van der Waals surface area contributed by atoms with Gasteiger partial charge in [-0.05, 0) is 90.3 Å². The third kappa shape index (κ3) is 6.17. The molecule has 2 aliphatic rings. The summed E-state index contributed by atoms with van der Waals surface area (Å²) in [4.78, 5) is 2.37. The number of halogens is 3. The first kappa shape index (κ1) is 27.3. The fourth-order valence-corrected chi connectivity index (χ4v) is 6.32. The molecule has 0 amide bonds. The number of fused-ring (bicyclic) bond motifs is 1. The van der Waals surface area contributed by atoms with Gasteiger partial charge in [0.05, 0.1) is 0 Å². The predicted molar refractivity (Wildman–Crippen MR) is 143 cm³/mol. The Bertz CT molecular complexity index is 1250. The number of aromatic hydroxyl groups is 1. The molecule has 3 aromatic rings. The Labute approximate surface area is 227 Å². The maximum absolute atomic E-state index is 12.9. The second-order valence-electron chi connectivity index (χ2n) is 10.4. The Morgan fingerprint density at radius 1 is 0.872 bits per heavy atom. The van der Waals surface area contributed by atoms with Crippen molar-refractivity contribution in [1.82, 2.24) is 0 Å². The van der Waals surface area contributed by atoms with E-state index in [1.54, 1.807) is 32.4 Å². The molecule has 5 nitrogen and oxygen atoms in total. The fraction of sp³-hybridized carbons (Fsp3) is 0.419. The van der Waals surface area contributed by atoms with Crippen LogP contribution in [0.3, 0.4) is 0 Å². The molecule has 8 heteroatoms. The lowest BCUT2D eigenvalue weighted by Gasteiger charge is -2.37. The van der Waals surface area contributed by atoms with E-state index in [4.69, 9.17) is 9.47 Å². The number of methoxy groups -OCH3 is 2. The highest BCUT2D eigenvalue weighted by atomic mass is 19.4. The Morgan fingerprint density at radius 3 is 2.26 bits per heavy atom. The molecule has 0 saturated carbocycles. The van der Waals surface area contributed by atoms with Gasteiger partial charge in [0.25, 0.3) is 0 Å². The lowest BCUT2D eigenvalue weighted by atomic mass is 9.69. The van der Waals surface area contributed by atoms with Crippen molar-refractivity contribution in [3.8, 4) is 11.5 Å². The number of piperidine rings is 1. The summed E-state index contributed by atoms with van der Waals surface area (Å²) in [5.74, 6) is 0.260. The molecule has 1 saturated heterocycles. The summed E-state index contributed by atoms with van der Waals surface area (Å²) in [6.07, 6.45) is -1.50. The number of hydrogen-bond acceptors (Lipinski definition) is 5. The van der Waals surface area contributed by atoms with E-state index < -0.39 is 6.36 Å². The largest absolute Gasteiger partial charge is 0.573 e. The van der Waals surface area contributed by atoms with Crippen molar-refractivity contribution >= 4 is 5.69 Å². The van der Waals surface area contributed by atoms with Gasteiger partial charge in [-0.2, -0.15) is 0 Å². The first-order valence-electron chi connectivity index (χ1n) is 13.3. The number of alkyl halides is 3. The van der Waals surface area contributed by atoms with Crippen LogP contribution in [0.2, 0.25) is 0 Å². The average Bonchev–Trinajstić information content (AvgIpc) is 2.93. The highest BCUT2D eigenvalue weighted by Crippen LogP contribution is 2.48. The molecule has 0 radical (unpaired) electrons. The topological polar surface area (TPSA) is 51.2 Å². The Morgan fingerprint density at radius 2 is 1.59 bits per heavy atom. The maximum atomic E-state index is 12.9. The quantitative estimate of drug-likeness (QED) is 0.327. The molecule has 5 rings (SSSR count). The summed E-state index contributed by atoms with van der Waals surface area (Å²) in [5, 5.41) is 10.1. The van der Waals surface area contributed by atoms with Crippen LogP contribution < -0.4 is 9.64 Å². The second-order valence-corrected chi connectivity index (χ2v) is 10.4.